The van der Waals surface area contributed by atoms with Crippen molar-refractivity contribution in [3.05, 3.63) is 35.9 Å². The number of rotatable bonds is 7. The molecule has 0 aromatic heterocycles. The fourth-order valence-corrected chi connectivity index (χ4v) is 2.56. The maximum absolute atomic E-state index is 5.70. The molecule has 0 N–H and O–H groups in total. The number of likely N-dealkylation sites (tertiary alicyclic amines) is 1. The van der Waals surface area contributed by atoms with Crippen LogP contribution < -0.4 is 0 Å². The van der Waals surface area contributed by atoms with Crippen molar-refractivity contribution in [2.45, 2.75) is 26.2 Å². The van der Waals surface area contributed by atoms with Gasteiger partial charge < -0.3 is 9.64 Å². The van der Waals surface area contributed by atoms with Crippen molar-refractivity contribution in [1.29, 1.82) is 0 Å². The molecule has 1 aromatic rings. The first-order valence-electron chi connectivity index (χ1n) is 7.18. The molecule has 0 bridgehead atoms. The van der Waals surface area contributed by atoms with E-state index in [1.165, 1.54) is 38.0 Å². The summed E-state index contributed by atoms with van der Waals surface area (Å²) in [6, 6.07) is 10.6. The van der Waals surface area contributed by atoms with Gasteiger partial charge in [0, 0.05) is 19.7 Å². The van der Waals surface area contributed by atoms with Crippen LogP contribution in [0.25, 0.3) is 0 Å². The van der Waals surface area contributed by atoms with Crippen LogP contribution >= 0.6 is 0 Å². The summed E-state index contributed by atoms with van der Waals surface area (Å²) in [7, 11) is 0. The molecule has 1 aliphatic heterocycles. The van der Waals surface area contributed by atoms with Crippen LogP contribution in [0.5, 0.6) is 0 Å². The Morgan fingerprint density at radius 1 is 1.22 bits per heavy atom. The molecule has 2 nitrogen and oxygen atoms in total. The van der Waals surface area contributed by atoms with Crippen LogP contribution in [0.15, 0.2) is 30.3 Å². The highest BCUT2D eigenvalue weighted by atomic mass is 16.5. The summed E-state index contributed by atoms with van der Waals surface area (Å²) in [5.74, 6) is 0.893. The second-order valence-electron chi connectivity index (χ2n) is 5.40. The average Bonchev–Trinajstić information content (AvgIpc) is 2.81. The number of benzene rings is 1. The number of hydrogen-bond acceptors (Lipinski definition) is 2. The number of ether oxygens (including phenoxy) is 1. The molecule has 0 spiro atoms. The van der Waals surface area contributed by atoms with Gasteiger partial charge in [0.1, 0.15) is 0 Å². The first-order valence-corrected chi connectivity index (χ1v) is 7.18. The predicted octanol–water partition coefficient (Wildman–Crippen LogP) is 2.98. The summed E-state index contributed by atoms with van der Waals surface area (Å²) in [5.41, 5.74) is 1.37. The highest BCUT2D eigenvalue weighted by Crippen LogP contribution is 2.14. The van der Waals surface area contributed by atoms with Crippen molar-refractivity contribution >= 4 is 0 Å². The van der Waals surface area contributed by atoms with Crippen LogP contribution in [0.2, 0.25) is 0 Å². The molecule has 18 heavy (non-hydrogen) atoms. The van der Waals surface area contributed by atoms with Gasteiger partial charge in [-0.05, 0) is 37.3 Å². The molecule has 0 aliphatic carbocycles. The zero-order valence-electron chi connectivity index (χ0n) is 11.5. The Bertz CT molecular complexity index is 325. The quantitative estimate of drug-likeness (QED) is 0.687. The largest absolute Gasteiger partial charge is 0.381 e. The first kappa shape index (κ1) is 13.6. The standard InChI is InChI=1S/C16H25NO/c1-15-8-11-17(14-15)10-5-12-18-13-9-16-6-3-2-4-7-16/h2-4,6-7,15H,5,8-14H2,1H3. The highest BCUT2D eigenvalue weighted by Gasteiger charge is 2.17. The van der Waals surface area contributed by atoms with E-state index in [9.17, 15) is 0 Å². The predicted molar refractivity (Wildman–Crippen MR) is 75.8 cm³/mol. The second-order valence-corrected chi connectivity index (χ2v) is 5.40. The third-order valence-corrected chi connectivity index (χ3v) is 3.65. The molecule has 1 unspecified atom stereocenters. The van der Waals surface area contributed by atoms with Crippen molar-refractivity contribution in [1.82, 2.24) is 4.90 Å². The van der Waals surface area contributed by atoms with E-state index >= 15 is 0 Å². The fraction of sp³-hybridized carbons (Fsp3) is 0.625. The molecular formula is C16H25NO. The lowest BCUT2D eigenvalue weighted by Gasteiger charge is -2.14. The van der Waals surface area contributed by atoms with Gasteiger partial charge in [0.05, 0.1) is 6.61 Å². The minimum absolute atomic E-state index is 0.848. The lowest BCUT2D eigenvalue weighted by Crippen LogP contribution is -2.22. The van der Waals surface area contributed by atoms with E-state index in [1.807, 2.05) is 0 Å². The van der Waals surface area contributed by atoms with Gasteiger partial charge in [-0.3, -0.25) is 0 Å². The van der Waals surface area contributed by atoms with Gasteiger partial charge in [0.15, 0.2) is 0 Å². The molecule has 0 saturated carbocycles. The molecule has 1 saturated heterocycles. The van der Waals surface area contributed by atoms with Gasteiger partial charge in [-0.1, -0.05) is 37.3 Å². The Hall–Kier alpha value is -0.860. The molecule has 1 aliphatic rings. The van der Waals surface area contributed by atoms with E-state index < -0.39 is 0 Å². The van der Waals surface area contributed by atoms with E-state index in [1.54, 1.807) is 0 Å². The van der Waals surface area contributed by atoms with Gasteiger partial charge in [0.25, 0.3) is 0 Å². The molecule has 1 atom stereocenters. The summed E-state index contributed by atoms with van der Waals surface area (Å²) < 4.78 is 5.70. The normalized spacial score (nSPS) is 20.4. The maximum Gasteiger partial charge on any atom is 0.0506 e. The fourth-order valence-electron chi connectivity index (χ4n) is 2.56. The molecular weight excluding hydrogens is 222 g/mol. The van der Waals surface area contributed by atoms with E-state index in [4.69, 9.17) is 4.74 Å². The van der Waals surface area contributed by atoms with Crippen molar-refractivity contribution in [3.8, 4) is 0 Å². The van der Waals surface area contributed by atoms with Crippen LogP contribution in [0.4, 0.5) is 0 Å². The van der Waals surface area contributed by atoms with E-state index in [-0.39, 0.29) is 0 Å². The molecule has 0 radical (unpaired) electrons. The Morgan fingerprint density at radius 3 is 2.78 bits per heavy atom. The Balaban J connectivity index is 1.47. The van der Waals surface area contributed by atoms with Gasteiger partial charge in [-0.2, -0.15) is 0 Å². The summed E-state index contributed by atoms with van der Waals surface area (Å²) in [6.07, 6.45) is 3.57. The van der Waals surface area contributed by atoms with Gasteiger partial charge in [0.2, 0.25) is 0 Å². The molecule has 1 heterocycles. The van der Waals surface area contributed by atoms with E-state index in [2.05, 4.69) is 42.2 Å². The van der Waals surface area contributed by atoms with Gasteiger partial charge in [-0.15, -0.1) is 0 Å². The summed E-state index contributed by atoms with van der Waals surface area (Å²) in [4.78, 5) is 2.56. The van der Waals surface area contributed by atoms with Crippen molar-refractivity contribution < 1.29 is 4.74 Å². The Labute approximate surface area is 111 Å². The summed E-state index contributed by atoms with van der Waals surface area (Å²) in [5, 5.41) is 0. The van der Waals surface area contributed by atoms with Crippen molar-refractivity contribution in [2.24, 2.45) is 5.92 Å². The number of hydrogen-bond donors (Lipinski definition) is 0. The minimum atomic E-state index is 0.848. The van der Waals surface area contributed by atoms with Crippen LogP contribution in [-0.2, 0) is 11.2 Å². The Morgan fingerprint density at radius 2 is 2.06 bits per heavy atom. The SMILES string of the molecule is CC1CCN(CCCOCCc2ccccc2)C1. The molecule has 2 rings (SSSR count). The third kappa shape index (κ3) is 4.79. The van der Waals surface area contributed by atoms with Crippen molar-refractivity contribution in [2.75, 3.05) is 32.8 Å². The molecule has 2 heteroatoms. The maximum atomic E-state index is 5.70. The van der Waals surface area contributed by atoms with Gasteiger partial charge in [-0.25, -0.2) is 0 Å². The van der Waals surface area contributed by atoms with Crippen LogP contribution in [0.3, 0.4) is 0 Å². The van der Waals surface area contributed by atoms with Gasteiger partial charge >= 0.3 is 0 Å². The molecule has 1 aromatic carbocycles. The Kier molecular flexibility index (Phi) is 5.69. The van der Waals surface area contributed by atoms with Crippen LogP contribution in [0.1, 0.15) is 25.3 Å². The van der Waals surface area contributed by atoms with Crippen LogP contribution in [-0.4, -0.2) is 37.7 Å². The van der Waals surface area contributed by atoms with Crippen molar-refractivity contribution in [3.63, 3.8) is 0 Å². The molecule has 100 valence electrons. The van der Waals surface area contributed by atoms with E-state index in [0.717, 1.165) is 25.6 Å². The summed E-state index contributed by atoms with van der Waals surface area (Å²) >= 11 is 0. The minimum Gasteiger partial charge on any atom is -0.381 e. The zero-order chi connectivity index (χ0) is 12.6. The first-order chi connectivity index (χ1) is 8.84. The molecule has 0 amide bonds. The third-order valence-electron chi connectivity index (χ3n) is 3.65. The second kappa shape index (κ2) is 7.55. The van der Waals surface area contributed by atoms with E-state index in [0.29, 0.717) is 0 Å². The molecule has 1 fully saturated rings. The topological polar surface area (TPSA) is 12.5 Å². The monoisotopic (exact) mass is 247 g/mol. The van der Waals surface area contributed by atoms with Crippen LogP contribution in [0, 0.1) is 5.92 Å². The average molecular weight is 247 g/mol. The number of nitrogens with zero attached hydrogens (tertiary/aromatic N) is 1. The lowest BCUT2D eigenvalue weighted by molar-refractivity contribution is 0.126. The smallest absolute Gasteiger partial charge is 0.0506 e. The highest BCUT2D eigenvalue weighted by molar-refractivity contribution is 5.14. The lowest BCUT2D eigenvalue weighted by atomic mass is 10.2. The summed E-state index contributed by atoms with van der Waals surface area (Å²) in [6.45, 7) is 7.86. The zero-order valence-corrected chi connectivity index (χ0v) is 11.5.